The van der Waals surface area contributed by atoms with Gasteiger partial charge in [0.2, 0.25) is 5.91 Å². The van der Waals surface area contributed by atoms with Crippen LogP contribution in [0.3, 0.4) is 0 Å². The van der Waals surface area contributed by atoms with E-state index in [9.17, 15) is 14.4 Å². The molecular weight excluding hydrogens is 526 g/mol. The number of thiocarbonyl (C=S) groups is 1. The predicted molar refractivity (Wildman–Crippen MR) is 150 cm³/mol. The number of hydrogen-bond donors (Lipinski definition) is 1. The fraction of sp³-hybridized carbons (Fsp3) is 0.214. The highest BCUT2D eigenvalue weighted by atomic mass is 35.5. The first-order valence-electron chi connectivity index (χ1n) is 11.9. The maximum absolute atomic E-state index is 13.6. The average molecular weight is 552 g/mol. The molecule has 3 aromatic carbocycles. The lowest BCUT2D eigenvalue weighted by atomic mass is 10.1. The van der Waals surface area contributed by atoms with Crippen molar-refractivity contribution in [3.05, 3.63) is 88.9 Å². The van der Waals surface area contributed by atoms with Crippen LogP contribution in [0.5, 0.6) is 5.75 Å². The Balaban J connectivity index is 1.54. The van der Waals surface area contributed by atoms with Gasteiger partial charge in [-0.05, 0) is 85.4 Å². The molecule has 0 bridgehead atoms. The van der Waals surface area contributed by atoms with Crippen LogP contribution in [0.25, 0.3) is 0 Å². The topological polar surface area (TPSA) is 88.2 Å². The van der Waals surface area contributed by atoms with E-state index in [4.69, 9.17) is 33.3 Å². The minimum absolute atomic E-state index is 0.126. The number of methoxy groups -OCH3 is 1. The summed E-state index contributed by atoms with van der Waals surface area (Å²) in [4.78, 5) is 41.7. The van der Waals surface area contributed by atoms with Crippen LogP contribution >= 0.6 is 23.8 Å². The summed E-state index contributed by atoms with van der Waals surface area (Å²) in [5, 5.41) is 3.69. The molecule has 3 aromatic rings. The first-order valence-corrected chi connectivity index (χ1v) is 12.7. The summed E-state index contributed by atoms with van der Waals surface area (Å²) in [5.74, 6) is -0.462. The molecule has 1 heterocycles. The highest BCUT2D eigenvalue weighted by Crippen LogP contribution is 2.30. The monoisotopic (exact) mass is 551 g/mol. The summed E-state index contributed by atoms with van der Waals surface area (Å²) in [6.45, 7) is 2.32. The Bertz CT molecular complexity index is 1330. The smallest absolute Gasteiger partial charge is 0.338 e. The maximum atomic E-state index is 13.6. The number of hydrogen-bond acceptors (Lipinski definition) is 6. The number of rotatable bonds is 9. The molecule has 196 valence electrons. The van der Waals surface area contributed by atoms with Gasteiger partial charge in [0.15, 0.2) is 5.11 Å². The van der Waals surface area contributed by atoms with Crippen LogP contribution in [0.2, 0.25) is 5.02 Å². The molecule has 2 amide bonds. The number of benzene rings is 3. The van der Waals surface area contributed by atoms with Crippen LogP contribution in [0.1, 0.15) is 29.3 Å². The third kappa shape index (κ3) is 6.12. The van der Waals surface area contributed by atoms with E-state index in [-0.39, 0.29) is 24.8 Å². The highest BCUT2D eigenvalue weighted by molar-refractivity contribution is 7.80. The molecule has 38 heavy (non-hydrogen) atoms. The zero-order chi connectivity index (χ0) is 27.2. The van der Waals surface area contributed by atoms with Crippen LogP contribution in [0.4, 0.5) is 11.4 Å². The number of carbonyl (C=O) groups is 3. The van der Waals surface area contributed by atoms with E-state index in [0.29, 0.717) is 39.4 Å². The number of amides is 2. The normalized spacial score (nSPS) is 15.0. The van der Waals surface area contributed by atoms with Gasteiger partial charge in [-0.15, -0.1) is 0 Å². The summed E-state index contributed by atoms with van der Waals surface area (Å²) in [5.41, 5.74) is 2.35. The van der Waals surface area contributed by atoms with Gasteiger partial charge in [-0.25, -0.2) is 4.79 Å². The molecule has 1 aliphatic rings. The molecule has 0 saturated carbocycles. The summed E-state index contributed by atoms with van der Waals surface area (Å²) in [7, 11) is 1.56. The van der Waals surface area contributed by atoms with Crippen molar-refractivity contribution in [1.82, 2.24) is 4.90 Å². The Morgan fingerprint density at radius 1 is 1.00 bits per heavy atom. The van der Waals surface area contributed by atoms with E-state index in [1.54, 1.807) is 79.6 Å². The van der Waals surface area contributed by atoms with E-state index in [1.807, 2.05) is 12.1 Å². The fourth-order valence-corrected chi connectivity index (χ4v) is 4.57. The quantitative estimate of drug-likeness (QED) is 0.294. The van der Waals surface area contributed by atoms with Crippen molar-refractivity contribution in [2.45, 2.75) is 25.9 Å². The van der Waals surface area contributed by atoms with E-state index < -0.39 is 12.0 Å². The third-order valence-corrected chi connectivity index (χ3v) is 6.64. The van der Waals surface area contributed by atoms with Crippen molar-refractivity contribution >= 4 is 58.1 Å². The van der Waals surface area contributed by atoms with Crippen molar-refractivity contribution in [2.75, 3.05) is 23.9 Å². The maximum Gasteiger partial charge on any atom is 0.338 e. The number of carbonyl (C=O) groups excluding carboxylic acids is 3. The van der Waals surface area contributed by atoms with Gasteiger partial charge in [0.25, 0.3) is 5.91 Å². The molecular formula is C28H26ClN3O5S. The number of ether oxygens (including phenoxy) is 2. The van der Waals surface area contributed by atoms with Crippen LogP contribution in [0, 0.1) is 0 Å². The molecule has 1 fully saturated rings. The highest BCUT2D eigenvalue weighted by Gasteiger charge is 2.44. The minimum Gasteiger partial charge on any atom is -0.497 e. The lowest BCUT2D eigenvalue weighted by Crippen LogP contribution is -2.37. The van der Waals surface area contributed by atoms with Crippen molar-refractivity contribution in [3.63, 3.8) is 0 Å². The molecule has 0 unspecified atom stereocenters. The lowest BCUT2D eigenvalue weighted by molar-refractivity contribution is -0.124. The SMILES string of the molecule is CCOC(=O)c1ccc(NC(=O)C[C@H]2C(=O)N(c3ccc(OC)cc3)C(=S)N2Cc2ccc(Cl)cc2)cc1. The zero-order valence-electron chi connectivity index (χ0n) is 20.8. The van der Waals surface area contributed by atoms with Gasteiger partial charge in [-0.2, -0.15) is 0 Å². The number of esters is 1. The molecule has 0 radical (unpaired) electrons. The van der Waals surface area contributed by atoms with Gasteiger partial charge < -0.3 is 19.7 Å². The number of nitrogens with one attached hydrogen (secondary N) is 1. The Kier molecular flexibility index (Phi) is 8.60. The molecule has 0 spiro atoms. The van der Waals surface area contributed by atoms with E-state index >= 15 is 0 Å². The summed E-state index contributed by atoms with van der Waals surface area (Å²) < 4.78 is 10.2. The predicted octanol–water partition coefficient (Wildman–Crippen LogP) is 5.06. The molecule has 1 saturated heterocycles. The molecule has 1 atom stereocenters. The summed E-state index contributed by atoms with van der Waals surface area (Å²) in [6, 6.07) is 19.8. The number of nitrogens with zero attached hydrogens (tertiary/aromatic N) is 2. The Morgan fingerprint density at radius 2 is 1.66 bits per heavy atom. The van der Waals surface area contributed by atoms with Crippen molar-refractivity contribution in [1.29, 1.82) is 0 Å². The second-order valence-corrected chi connectivity index (χ2v) is 9.28. The molecule has 0 aromatic heterocycles. The van der Waals surface area contributed by atoms with Crippen LogP contribution in [-0.4, -0.2) is 47.6 Å². The van der Waals surface area contributed by atoms with Crippen molar-refractivity contribution in [3.8, 4) is 5.75 Å². The first-order chi connectivity index (χ1) is 18.3. The molecule has 0 aliphatic carbocycles. The molecule has 1 N–H and O–H groups in total. The lowest BCUT2D eigenvalue weighted by Gasteiger charge is -2.24. The van der Waals surface area contributed by atoms with E-state index in [1.165, 1.54) is 4.90 Å². The van der Waals surface area contributed by atoms with E-state index in [2.05, 4.69) is 5.32 Å². The fourth-order valence-electron chi connectivity index (χ4n) is 4.06. The average Bonchev–Trinajstić information content (AvgIpc) is 3.14. The van der Waals surface area contributed by atoms with E-state index in [0.717, 1.165) is 5.56 Å². The van der Waals surface area contributed by atoms with Gasteiger partial charge in [0.05, 0.1) is 31.4 Å². The van der Waals surface area contributed by atoms with Crippen LogP contribution in [0.15, 0.2) is 72.8 Å². The van der Waals surface area contributed by atoms with Gasteiger partial charge >= 0.3 is 5.97 Å². The van der Waals surface area contributed by atoms with Crippen molar-refractivity contribution < 1.29 is 23.9 Å². The molecule has 10 heteroatoms. The van der Waals surface area contributed by atoms with Crippen LogP contribution in [-0.2, 0) is 20.9 Å². The summed E-state index contributed by atoms with van der Waals surface area (Å²) >= 11 is 11.8. The van der Waals surface area contributed by atoms with Gasteiger partial charge in [0, 0.05) is 17.3 Å². The molecule has 8 nitrogen and oxygen atoms in total. The zero-order valence-corrected chi connectivity index (χ0v) is 22.4. The largest absolute Gasteiger partial charge is 0.497 e. The first kappa shape index (κ1) is 27.1. The second-order valence-electron chi connectivity index (χ2n) is 8.47. The standard InChI is InChI=1S/C28H26ClN3O5S/c1-3-37-27(35)19-6-10-21(11-7-19)30-25(33)16-24-26(34)32(22-12-14-23(36-2)15-13-22)28(38)31(24)17-18-4-8-20(29)9-5-18/h4-15,24H,3,16-17H2,1-2H3,(H,30,33)/t24-/m0/s1. The number of anilines is 2. The van der Waals surface area contributed by atoms with Gasteiger partial charge in [0.1, 0.15) is 11.8 Å². The van der Waals surface area contributed by atoms with Crippen LogP contribution < -0.4 is 15.0 Å². The van der Waals surface area contributed by atoms with Gasteiger partial charge in [-0.3, -0.25) is 14.5 Å². The number of halogens is 1. The minimum atomic E-state index is -0.820. The second kappa shape index (κ2) is 12.1. The Morgan fingerprint density at radius 3 is 2.26 bits per heavy atom. The third-order valence-electron chi connectivity index (χ3n) is 5.97. The molecule has 1 aliphatic heterocycles. The Hall–Kier alpha value is -3.95. The molecule has 4 rings (SSSR count). The summed E-state index contributed by atoms with van der Waals surface area (Å²) in [6.07, 6.45) is -0.126. The van der Waals surface area contributed by atoms with Gasteiger partial charge in [-0.1, -0.05) is 23.7 Å². The Labute approximate surface area is 231 Å². The van der Waals surface area contributed by atoms with Crippen molar-refractivity contribution in [2.24, 2.45) is 0 Å².